The third kappa shape index (κ3) is 126. The molecule has 5 nitrogen and oxygen atoms in total. The standard InChI is InChI=1S/C2HNO2.C2H4O2.2Na/c3-1-2(4)5;1-2(3)4;;/h(H,4,5);1H3,(H,3,4);;/q;;2*+1/p-2. The van der Waals surface area contributed by atoms with E-state index < -0.39 is 11.9 Å². The van der Waals surface area contributed by atoms with Crippen molar-refractivity contribution in [3.8, 4) is 6.07 Å². The van der Waals surface area contributed by atoms with Crippen LogP contribution in [0.1, 0.15) is 6.92 Å². The summed E-state index contributed by atoms with van der Waals surface area (Å²) >= 11 is 0. The maximum atomic E-state index is 8.90. The van der Waals surface area contributed by atoms with Crippen molar-refractivity contribution in [3.63, 3.8) is 0 Å². The summed E-state index contributed by atoms with van der Waals surface area (Å²) in [5.74, 6) is -2.77. The van der Waals surface area contributed by atoms with E-state index in [1.54, 1.807) is 0 Å². The third-order valence-electron chi connectivity index (χ3n) is 0.0913. The summed E-state index contributed by atoms with van der Waals surface area (Å²) < 4.78 is 0. The van der Waals surface area contributed by atoms with E-state index in [-0.39, 0.29) is 59.1 Å². The van der Waals surface area contributed by atoms with E-state index in [1.165, 1.54) is 0 Å². The minimum atomic E-state index is -1.69. The zero-order chi connectivity index (χ0) is 7.86. The Hall–Kier alpha value is 0.430. The Labute approximate surface area is 108 Å². The molecule has 0 bridgehead atoms. The number of carboxylic acid groups (broad SMARTS) is 2. The number of carbonyl (C=O) groups excluding carboxylic acids is 2. The first kappa shape index (κ1) is 22.5. The number of carboxylic acids is 2. The predicted molar refractivity (Wildman–Crippen MR) is 21.3 cm³/mol. The Kier molecular flexibility index (Phi) is 34.4. The van der Waals surface area contributed by atoms with Gasteiger partial charge in [0.1, 0.15) is 12.0 Å². The molecule has 0 aromatic carbocycles. The van der Waals surface area contributed by atoms with E-state index in [1.807, 2.05) is 0 Å². The van der Waals surface area contributed by atoms with Crippen molar-refractivity contribution in [2.24, 2.45) is 0 Å². The molecule has 0 fully saturated rings. The van der Waals surface area contributed by atoms with Crippen LogP contribution in [-0.4, -0.2) is 11.9 Å². The summed E-state index contributed by atoms with van der Waals surface area (Å²) in [6.07, 6.45) is 0. The van der Waals surface area contributed by atoms with E-state index in [2.05, 4.69) is 0 Å². The van der Waals surface area contributed by atoms with Crippen LogP contribution in [0.2, 0.25) is 0 Å². The molecule has 0 rings (SSSR count). The molecule has 0 atom stereocenters. The Morgan fingerprint density at radius 2 is 1.36 bits per heavy atom. The van der Waals surface area contributed by atoms with E-state index >= 15 is 0 Å². The zero-order valence-corrected chi connectivity index (χ0v) is 10.6. The maximum Gasteiger partial charge on any atom is 1.00 e. The fraction of sp³-hybridized carbons (Fsp3) is 0.250. The first-order valence-corrected chi connectivity index (χ1v) is 1.79. The van der Waals surface area contributed by atoms with Crippen LogP contribution in [-0.2, 0) is 9.59 Å². The fourth-order valence-corrected chi connectivity index (χ4v) is 0. The fourth-order valence-electron chi connectivity index (χ4n) is 0. The van der Waals surface area contributed by atoms with Crippen molar-refractivity contribution >= 4 is 11.9 Å². The summed E-state index contributed by atoms with van der Waals surface area (Å²) in [6.45, 7) is 0.972. The van der Waals surface area contributed by atoms with Gasteiger partial charge in [-0.3, -0.25) is 0 Å². The Morgan fingerprint density at radius 1 is 1.27 bits per heavy atom. The Balaban J connectivity index is -0.0000000383. The van der Waals surface area contributed by atoms with Crippen LogP contribution < -0.4 is 69.3 Å². The molecule has 7 heteroatoms. The summed E-state index contributed by atoms with van der Waals surface area (Å²) in [6, 6.07) is 0.833. The second-order valence-corrected chi connectivity index (χ2v) is 0.891. The first-order chi connectivity index (χ1) is 4.00. The van der Waals surface area contributed by atoms with Gasteiger partial charge in [-0.15, -0.1) is 0 Å². The molecule has 0 aliphatic carbocycles. The normalized spacial score (nSPS) is 4.73. The van der Waals surface area contributed by atoms with E-state index in [9.17, 15) is 0 Å². The summed E-state index contributed by atoms with van der Waals surface area (Å²) in [5, 5.41) is 25.0. The van der Waals surface area contributed by atoms with Crippen molar-refractivity contribution in [1.29, 1.82) is 5.26 Å². The summed E-state index contributed by atoms with van der Waals surface area (Å²) in [7, 11) is 0. The Morgan fingerprint density at radius 3 is 1.36 bits per heavy atom. The van der Waals surface area contributed by atoms with Crippen molar-refractivity contribution in [2.75, 3.05) is 0 Å². The van der Waals surface area contributed by atoms with Gasteiger partial charge >= 0.3 is 59.1 Å². The minimum Gasteiger partial charge on any atom is -0.550 e. The molecular weight excluding hydrogens is 172 g/mol. The van der Waals surface area contributed by atoms with E-state index in [0.717, 1.165) is 13.0 Å². The Bertz CT molecular complexity index is 149. The monoisotopic (exact) mass is 175 g/mol. The van der Waals surface area contributed by atoms with E-state index in [0.29, 0.717) is 0 Å². The molecule has 0 N–H and O–H groups in total. The number of hydrogen-bond donors (Lipinski definition) is 0. The summed E-state index contributed by atoms with van der Waals surface area (Å²) in [4.78, 5) is 17.8. The molecule has 0 saturated heterocycles. The molecule has 0 aromatic rings. The first-order valence-electron chi connectivity index (χ1n) is 1.79. The molecule has 0 aliphatic heterocycles. The number of nitrogens with zero attached hydrogens (tertiary/aromatic N) is 1. The van der Waals surface area contributed by atoms with Crippen LogP contribution in [0, 0.1) is 11.3 Å². The largest absolute Gasteiger partial charge is 1.00 e. The molecule has 0 saturated carbocycles. The third-order valence-corrected chi connectivity index (χ3v) is 0.0913. The average Bonchev–Trinajstić information content (AvgIpc) is 1.65. The molecule has 0 heterocycles. The van der Waals surface area contributed by atoms with Gasteiger partial charge in [-0.1, -0.05) is 0 Å². The molecule has 11 heavy (non-hydrogen) atoms. The van der Waals surface area contributed by atoms with Crippen molar-refractivity contribution < 1.29 is 78.9 Å². The minimum absolute atomic E-state index is 0. The van der Waals surface area contributed by atoms with Gasteiger partial charge < -0.3 is 19.8 Å². The van der Waals surface area contributed by atoms with Gasteiger partial charge in [0.25, 0.3) is 0 Å². The average molecular weight is 175 g/mol. The van der Waals surface area contributed by atoms with Gasteiger partial charge in [-0.25, -0.2) is 0 Å². The van der Waals surface area contributed by atoms with Gasteiger partial charge in [0, 0.05) is 5.97 Å². The van der Waals surface area contributed by atoms with Crippen molar-refractivity contribution in [3.05, 3.63) is 0 Å². The molecule has 0 aromatic heterocycles. The molecule has 0 spiro atoms. The van der Waals surface area contributed by atoms with Gasteiger partial charge in [0.15, 0.2) is 0 Å². The number of nitriles is 1. The summed E-state index contributed by atoms with van der Waals surface area (Å²) in [5.41, 5.74) is 0. The maximum absolute atomic E-state index is 8.90. The van der Waals surface area contributed by atoms with Crippen LogP contribution in [0.3, 0.4) is 0 Å². The molecular formula is C4H3NNa2O4. The van der Waals surface area contributed by atoms with Crippen molar-refractivity contribution in [1.82, 2.24) is 0 Å². The number of rotatable bonds is 0. The van der Waals surface area contributed by atoms with Gasteiger partial charge in [-0.05, 0) is 6.92 Å². The number of carbonyl (C=O) groups is 2. The predicted octanol–water partition coefficient (Wildman–Crippen LogP) is -8.98. The van der Waals surface area contributed by atoms with Crippen LogP contribution in [0.5, 0.6) is 0 Å². The second kappa shape index (κ2) is 16.8. The molecule has 50 valence electrons. The van der Waals surface area contributed by atoms with Crippen LogP contribution in [0.25, 0.3) is 0 Å². The van der Waals surface area contributed by atoms with Gasteiger partial charge in [-0.2, -0.15) is 5.26 Å². The zero-order valence-electron chi connectivity index (χ0n) is 6.58. The molecule has 0 aliphatic rings. The van der Waals surface area contributed by atoms with Gasteiger partial charge in [0.2, 0.25) is 0 Å². The molecule has 0 unspecified atom stereocenters. The smallest absolute Gasteiger partial charge is 0.550 e. The van der Waals surface area contributed by atoms with Crippen LogP contribution in [0.4, 0.5) is 0 Å². The van der Waals surface area contributed by atoms with Crippen LogP contribution in [0.15, 0.2) is 0 Å². The van der Waals surface area contributed by atoms with E-state index in [4.69, 9.17) is 25.1 Å². The van der Waals surface area contributed by atoms with Crippen LogP contribution >= 0.6 is 0 Å². The molecule has 0 radical (unpaired) electrons. The SMILES string of the molecule is CC(=O)[O-].N#CC(=O)[O-].[Na+].[Na+]. The second-order valence-electron chi connectivity index (χ2n) is 0.891. The molecule has 0 amide bonds. The van der Waals surface area contributed by atoms with Gasteiger partial charge in [0.05, 0.1) is 0 Å². The topological polar surface area (TPSA) is 104 Å². The number of aliphatic carboxylic acids is 2. The quantitative estimate of drug-likeness (QED) is 0.268. The number of hydrogen-bond acceptors (Lipinski definition) is 5. The van der Waals surface area contributed by atoms with Crippen molar-refractivity contribution in [2.45, 2.75) is 6.92 Å².